The highest BCUT2D eigenvalue weighted by molar-refractivity contribution is 6.04. The normalized spacial score (nSPS) is 14.7. The van der Waals surface area contributed by atoms with Crippen LogP contribution in [0.3, 0.4) is 0 Å². The number of nitrogens with zero attached hydrogens (tertiary/aromatic N) is 1. The highest BCUT2D eigenvalue weighted by atomic mass is 16.3. The summed E-state index contributed by atoms with van der Waals surface area (Å²) in [6, 6.07) is 19.0. The van der Waals surface area contributed by atoms with Crippen LogP contribution < -0.4 is 16.0 Å². The van der Waals surface area contributed by atoms with Crippen LogP contribution in [0, 0.1) is 0 Å². The number of piperidine rings is 1. The van der Waals surface area contributed by atoms with Gasteiger partial charge in [0.05, 0.1) is 11.8 Å². The number of carbonyl (C=O) groups excluding carboxylic acids is 2. The number of likely N-dealkylation sites (tertiary alicyclic amines) is 1. The molecular formula is C24H26N4O3. The van der Waals surface area contributed by atoms with Crippen LogP contribution in [0.4, 0.5) is 16.2 Å². The molecule has 7 nitrogen and oxygen atoms in total. The molecule has 4 rings (SSSR count). The van der Waals surface area contributed by atoms with Crippen molar-refractivity contribution >= 4 is 23.3 Å². The van der Waals surface area contributed by atoms with Gasteiger partial charge >= 0.3 is 6.03 Å². The van der Waals surface area contributed by atoms with E-state index < -0.39 is 0 Å². The molecule has 0 radical (unpaired) electrons. The van der Waals surface area contributed by atoms with Crippen LogP contribution in [0.15, 0.2) is 77.6 Å². The molecule has 160 valence electrons. The molecule has 31 heavy (non-hydrogen) atoms. The van der Waals surface area contributed by atoms with Gasteiger partial charge in [0, 0.05) is 37.1 Å². The molecule has 1 fully saturated rings. The molecule has 0 spiro atoms. The summed E-state index contributed by atoms with van der Waals surface area (Å²) < 4.78 is 4.93. The van der Waals surface area contributed by atoms with E-state index in [1.807, 2.05) is 6.07 Å². The summed E-state index contributed by atoms with van der Waals surface area (Å²) in [5.41, 5.74) is 2.96. The monoisotopic (exact) mass is 418 g/mol. The van der Waals surface area contributed by atoms with Crippen molar-refractivity contribution in [1.29, 1.82) is 0 Å². The SMILES string of the molecule is O=C(Nc1cccc(NC(=O)c2ccoc2)c1)NC1CCN(Cc2ccccc2)CC1. The molecule has 0 unspecified atom stereocenters. The Hall–Kier alpha value is -3.58. The predicted octanol–water partition coefficient (Wildman–Crippen LogP) is 4.32. The predicted molar refractivity (Wildman–Crippen MR) is 120 cm³/mol. The molecular weight excluding hydrogens is 392 g/mol. The molecule has 0 saturated carbocycles. The summed E-state index contributed by atoms with van der Waals surface area (Å²) in [4.78, 5) is 27.0. The summed E-state index contributed by atoms with van der Waals surface area (Å²) in [6.07, 6.45) is 4.67. The molecule has 7 heteroatoms. The van der Waals surface area contributed by atoms with E-state index in [2.05, 4.69) is 45.1 Å². The average Bonchev–Trinajstić information content (AvgIpc) is 3.31. The summed E-state index contributed by atoms with van der Waals surface area (Å²) >= 11 is 0. The number of nitrogens with one attached hydrogen (secondary N) is 3. The van der Waals surface area contributed by atoms with Crippen molar-refractivity contribution in [3.05, 3.63) is 84.3 Å². The molecule has 2 heterocycles. The maximum absolute atomic E-state index is 12.4. The minimum Gasteiger partial charge on any atom is -0.472 e. The minimum atomic E-state index is -0.266. The first-order valence-corrected chi connectivity index (χ1v) is 10.4. The van der Waals surface area contributed by atoms with Crippen molar-refractivity contribution < 1.29 is 14.0 Å². The van der Waals surface area contributed by atoms with Crippen LogP contribution in [-0.4, -0.2) is 36.0 Å². The number of anilines is 2. The lowest BCUT2D eigenvalue weighted by Gasteiger charge is -2.32. The number of carbonyl (C=O) groups is 2. The second kappa shape index (κ2) is 9.95. The zero-order valence-electron chi connectivity index (χ0n) is 17.2. The van der Waals surface area contributed by atoms with Gasteiger partial charge in [0.2, 0.25) is 0 Å². The van der Waals surface area contributed by atoms with E-state index in [-0.39, 0.29) is 18.0 Å². The first-order valence-electron chi connectivity index (χ1n) is 10.4. The Morgan fingerprint density at radius 2 is 1.68 bits per heavy atom. The van der Waals surface area contributed by atoms with Gasteiger partial charge in [-0.2, -0.15) is 0 Å². The molecule has 1 aromatic heterocycles. The van der Waals surface area contributed by atoms with Gasteiger partial charge in [0.1, 0.15) is 6.26 Å². The fourth-order valence-electron chi connectivity index (χ4n) is 3.70. The highest BCUT2D eigenvalue weighted by Gasteiger charge is 2.20. The van der Waals surface area contributed by atoms with Crippen LogP contribution in [0.25, 0.3) is 0 Å². The Morgan fingerprint density at radius 1 is 0.935 bits per heavy atom. The van der Waals surface area contributed by atoms with Crippen molar-refractivity contribution in [1.82, 2.24) is 10.2 Å². The summed E-state index contributed by atoms with van der Waals surface area (Å²) in [5.74, 6) is -0.266. The molecule has 1 aliphatic heterocycles. The quantitative estimate of drug-likeness (QED) is 0.557. The fourth-order valence-corrected chi connectivity index (χ4v) is 3.70. The molecule has 1 saturated heterocycles. The van der Waals surface area contributed by atoms with Crippen molar-refractivity contribution in [3.63, 3.8) is 0 Å². The lowest BCUT2D eigenvalue weighted by Crippen LogP contribution is -2.45. The van der Waals surface area contributed by atoms with Crippen LogP contribution >= 0.6 is 0 Å². The van der Waals surface area contributed by atoms with Gasteiger partial charge in [-0.15, -0.1) is 0 Å². The van der Waals surface area contributed by atoms with Crippen LogP contribution in [0.2, 0.25) is 0 Å². The van der Waals surface area contributed by atoms with Crippen molar-refractivity contribution in [2.45, 2.75) is 25.4 Å². The van der Waals surface area contributed by atoms with E-state index in [1.165, 1.54) is 18.1 Å². The van der Waals surface area contributed by atoms with Crippen molar-refractivity contribution in [2.24, 2.45) is 0 Å². The maximum Gasteiger partial charge on any atom is 0.319 e. The lowest BCUT2D eigenvalue weighted by molar-refractivity contribution is 0.102. The van der Waals surface area contributed by atoms with E-state index in [0.717, 1.165) is 32.5 Å². The number of rotatable bonds is 6. The Bertz CT molecular complexity index is 997. The Kier molecular flexibility index (Phi) is 6.64. The second-order valence-electron chi connectivity index (χ2n) is 7.68. The topological polar surface area (TPSA) is 86.6 Å². The zero-order chi connectivity index (χ0) is 21.5. The van der Waals surface area contributed by atoms with E-state index in [0.29, 0.717) is 16.9 Å². The number of hydrogen-bond acceptors (Lipinski definition) is 4. The third kappa shape index (κ3) is 5.96. The standard InChI is InChI=1S/C24H26N4O3/c29-23(19-11-14-31-17-19)25-21-7-4-8-22(15-21)27-24(30)26-20-9-12-28(13-10-20)16-18-5-2-1-3-6-18/h1-8,11,14-15,17,20H,9-10,12-13,16H2,(H,25,29)(H2,26,27,30). The molecule has 0 bridgehead atoms. The van der Waals surface area contributed by atoms with E-state index in [1.54, 1.807) is 30.3 Å². The highest BCUT2D eigenvalue weighted by Crippen LogP contribution is 2.17. The average molecular weight is 418 g/mol. The van der Waals surface area contributed by atoms with Crippen LogP contribution in [0.1, 0.15) is 28.8 Å². The fraction of sp³-hybridized carbons (Fsp3) is 0.250. The summed E-state index contributed by atoms with van der Waals surface area (Å²) in [5, 5.41) is 8.70. The largest absolute Gasteiger partial charge is 0.472 e. The third-order valence-corrected chi connectivity index (χ3v) is 5.33. The first kappa shape index (κ1) is 20.7. The van der Waals surface area contributed by atoms with Gasteiger partial charge in [0.15, 0.2) is 0 Å². The molecule has 3 N–H and O–H groups in total. The maximum atomic E-state index is 12.4. The molecule has 0 atom stereocenters. The smallest absolute Gasteiger partial charge is 0.319 e. The number of furan rings is 1. The molecule has 3 aromatic rings. The minimum absolute atomic E-state index is 0.149. The number of urea groups is 1. The Morgan fingerprint density at radius 3 is 2.39 bits per heavy atom. The van der Waals surface area contributed by atoms with Gasteiger partial charge in [-0.25, -0.2) is 4.79 Å². The second-order valence-corrected chi connectivity index (χ2v) is 7.68. The van der Waals surface area contributed by atoms with Crippen molar-refractivity contribution in [2.75, 3.05) is 23.7 Å². The van der Waals surface area contributed by atoms with Crippen molar-refractivity contribution in [3.8, 4) is 0 Å². The zero-order valence-corrected chi connectivity index (χ0v) is 17.2. The van der Waals surface area contributed by atoms with E-state index >= 15 is 0 Å². The van der Waals surface area contributed by atoms with Gasteiger partial charge in [-0.05, 0) is 42.7 Å². The number of amides is 3. The Labute approximate surface area is 181 Å². The van der Waals surface area contributed by atoms with Gasteiger partial charge in [0.25, 0.3) is 5.91 Å². The molecule has 1 aliphatic rings. The van der Waals surface area contributed by atoms with E-state index in [9.17, 15) is 9.59 Å². The first-order chi connectivity index (χ1) is 15.2. The van der Waals surface area contributed by atoms with Gasteiger partial charge < -0.3 is 20.4 Å². The van der Waals surface area contributed by atoms with Crippen LogP contribution in [0.5, 0.6) is 0 Å². The Balaban J connectivity index is 1.23. The molecule has 2 aromatic carbocycles. The van der Waals surface area contributed by atoms with Gasteiger partial charge in [-0.3, -0.25) is 9.69 Å². The van der Waals surface area contributed by atoms with Crippen LogP contribution in [-0.2, 0) is 6.54 Å². The van der Waals surface area contributed by atoms with E-state index in [4.69, 9.17) is 4.42 Å². The summed E-state index contributed by atoms with van der Waals surface area (Å²) in [7, 11) is 0. The number of hydrogen-bond donors (Lipinski definition) is 3. The molecule has 0 aliphatic carbocycles. The third-order valence-electron chi connectivity index (χ3n) is 5.33. The molecule has 3 amide bonds. The lowest BCUT2D eigenvalue weighted by atomic mass is 10.0. The number of benzene rings is 2. The van der Waals surface area contributed by atoms with Gasteiger partial charge in [-0.1, -0.05) is 36.4 Å². The summed E-state index contributed by atoms with van der Waals surface area (Å²) in [6.45, 7) is 2.85.